The second kappa shape index (κ2) is 5.12. The minimum Gasteiger partial charge on any atom is -0.225 e. The van der Waals surface area contributed by atoms with Crippen LogP contribution in [0, 0.1) is 36.8 Å². The zero-order valence-corrected chi connectivity index (χ0v) is 10.6. The molecule has 0 aromatic carbocycles. The highest BCUT2D eigenvalue weighted by atomic mass is 15.0. The SMILES string of the molecule is [C-]#[N+]C(CC#CCC)([N+]#[C-])C1=CC2C=CC(C1)C2. The third kappa shape index (κ3) is 2.18. The van der Waals surface area contributed by atoms with Gasteiger partial charge in [-0.2, -0.15) is 0 Å². The minimum absolute atomic E-state index is 0.346. The van der Waals surface area contributed by atoms with Gasteiger partial charge < -0.3 is 0 Å². The van der Waals surface area contributed by atoms with Gasteiger partial charge in [-0.15, -0.1) is 5.92 Å². The van der Waals surface area contributed by atoms with Gasteiger partial charge in [-0.25, -0.2) is 22.8 Å². The lowest BCUT2D eigenvalue weighted by molar-refractivity contribution is 0.505. The lowest BCUT2D eigenvalue weighted by atomic mass is 9.81. The highest BCUT2D eigenvalue weighted by Gasteiger charge is 2.49. The molecule has 0 radical (unpaired) electrons. The third-order valence-electron chi connectivity index (χ3n) is 3.62. The molecule has 0 spiro atoms. The third-order valence-corrected chi connectivity index (χ3v) is 3.62. The molecule has 2 bridgehead atoms. The first-order valence-electron chi connectivity index (χ1n) is 6.36. The molecule has 18 heavy (non-hydrogen) atoms. The second-order valence-electron chi connectivity index (χ2n) is 4.86. The van der Waals surface area contributed by atoms with E-state index in [-0.39, 0.29) is 0 Å². The average Bonchev–Trinajstić information content (AvgIpc) is 2.74. The predicted molar refractivity (Wildman–Crippen MR) is 72.1 cm³/mol. The first kappa shape index (κ1) is 12.5. The Balaban J connectivity index is 2.27. The van der Waals surface area contributed by atoms with E-state index in [1.54, 1.807) is 0 Å². The predicted octanol–water partition coefficient (Wildman–Crippen LogP) is 3.85. The van der Waals surface area contributed by atoms with Crippen molar-refractivity contribution >= 4 is 0 Å². The molecule has 0 N–H and O–H groups in total. The molecule has 2 aliphatic rings. The van der Waals surface area contributed by atoms with Gasteiger partial charge in [-0.3, -0.25) is 0 Å². The molecule has 0 saturated carbocycles. The van der Waals surface area contributed by atoms with Gasteiger partial charge in [0.25, 0.3) is 0 Å². The van der Waals surface area contributed by atoms with Crippen molar-refractivity contribution in [1.29, 1.82) is 0 Å². The summed E-state index contributed by atoms with van der Waals surface area (Å²) >= 11 is 0. The van der Waals surface area contributed by atoms with Crippen molar-refractivity contribution in [3.63, 3.8) is 0 Å². The van der Waals surface area contributed by atoms with Gasteiger partial charge in [-0.05, 0) is 24.7 Å². The Hall–Kier alpha value is -1.98. The van der Waals surface area contributed by atoms with Gasteiger partial charge >= 0.3 is 5.66 Å². The maximum absolute atomic E-state index is 7.41. The van der Waals surface area contributed by atoms with Crippen molar-refractivity contribution in [3.05, 3.63) is 46.6 Å². The standard InChI is InChI=1S/C16H16N2/c1-4-5-6-9-16(17-2,18-3)15-11-13-7-8-14(10-13)12-15/h7-8,11,13-14H,4,9-10,12H2,1H3. The normalized spacial score (nSPS) is 24.5. The summed E-state index contributed by atoms with van der Waals surface area (Å²) in [6, 6.07) is 0. The van der Waals surface area contributed by atoms with Crippen LogP contribution >= 0.6 is 0 Å². The van der Waals surface area contributed by atoms with E-state index in [4.69, 9.17) is 13.1 Å². The van der Waals surface area contributed by atoms with E-state index in [2.05, 4.69) is 39.8 Å². The van der Waals surface area contributed by atoms with Crippen LogP contribution in [0.5, 0.6) is 0 Å². The average molecular weight is 236 g/mol. The lowest BCUT2D eigenvalue weighted by Gasteiger charge is -2.20. The fraction of sp³-hybridized carbons (Fsp3) is 0.500. The van der Waals surface area contributed by atoms with Crippen molar-refractivity contribution in [2.24, 2.45) is 11.8 Å². The molecule has 2 heteroatoms. The van der Waals surface area contributed by atoms with Crippen LogP contribution in [0.2, 0.25) is 0 Å². The number of hydrogen-bond donors (Lipinski definition) is 0. The Labute approximate surface area is 109 Å². The van der Waals surface area contributed by atoms with Crippen LogP contribution in [0.25, 0.3) is 9.69 Å². The van der Waals surface area contributed by atoms with Crippen LogP contribution in [-0.2, 0) is 0 Å². The highest BCUT2D eigenvalue weighted by molar-refractivity contribution is 5.38. The van der Waals surface area contributed by atoms with Gasteiger partial charge in [0.2, 0.25) is 0 Å². The summed E-state index contributed by atoms with van der Waals surface area (Å²) in [6.45, 7) is 16.8. The number of allylic oxidation sites excluding steroid dienone is 3. The second-order valence-corrected chi connectivity index (χ2v) is 4.86. The van der Waals surface area contributed by atoms with E-state index in [0.29, 0.717) is 18.3 Å². The Morgan fingerprint density at radius 2 is 2.11 bits per heavy atom. The van der Waals surface area contributed by atoms with E-state index in [1.165, 1.54) is 0 Å². The summed E-state index contributed by atoms with van der Waals surface area (Å²) in [5.41, 5.74) is -0.0744. The van der Waals surface area contributed by atoms with Crippen LogP contribution < -0.4 is 0 Å². The molecule has 2 rings (SSSR count). The van der Waals surface area contributed by atoms with Crippen molar-refractivity contribution in [3.8, 4) is 11.8 Å². The van der Waals surface area contributed by atoms with Gasteiger partial charge in [0.15, 0.2) is 6.42 Å². The molecule has 0 heterocycles. The maximum atomic E-state index is 7.41. The van der Waals surface area contributed by atoms with E-state index in [1.807, 2.05) is 6.92 Å². The summed E-state index contributed by atoms with van der Waals surface area (Å²) in [5.74, 6) is 6.91. The van der Waals surface area contributed by atoms with E-state index in [0.717, 1.165) is 24.8 Å². The van der Waals surface area contributed by atoms with Crippen LogP contribution in [-0.4, -0.2) is 5.66 Å². The Kier molecular flexibility index (Phi) is 3.55. The van der Waals surface area contributed by atoms with Gasteiger partial charge in [0, 0.05) is 6.42 Å². The summed E-state index contributed by atoms with van der Waals surface area (Å²) in [5, 5.41) is 0. The molecule has 0 saturated heterocycles. The van der Waals surface area contributed by atoms with Crippen LogP contribution in [0.4, 0.5) is 0 Å². The zero-order valence-electron chi connectivity index (χ0n) is 10.6. The first-order valence-corrected chi connectivity index (χ1v) is 6.36. The van der Waals surface area contributed by atoms with Crippen molar-refractivity contribution in [1.82, 2.24) is 0 Å². The topological polar surface area (TPSA) is 8.72 Å². The molecule has 0 aromatic heterocycles. The molecule has 0 aromatic rings. The zero-order chi connectivity index (χ0) is 13.0. The molecular formula is C16H16N2. The van der Waals surface area contributed by atoms with Gasteiger partial charge in [-0.1, -0.05) is 31.1 Å². The van der Waals surface area contributed by atoms with Crippen molar-refractivity contribution in [2.75, 3.05) is 0 Å². The molecule has 0 fully saturated rings. The van der Waals surface area contributed by atoms with Gasteiger partial charge in [0.1, 0.15) is 5.57 Å². The molecule has 2 aliphatic carbocycles. The van der Waals surface area contributed by atoms with Crippen molar-refractivity contribution in [2.45, 2.75) is 38.3 Å². The fourth-order valence-corrected chi connectivity index (χ4v) is 2.66. The van der Waals surface area contributed by atoms with E-state index < -0.39 is 5.66 Å². The monoisotopic (exact) mass is 236 g/mol. The first-order chi connectivity index (χ1) is 8.74. The number of hydrogen-bond acceptors (Lipinski definition) is 0. The highest BCUT2D eigenvalue weighted by Crippen LogP contribution is 2.42. The minimum atomic E-state index is -1.06. The molecular weight excluding hydrogens is 220 g/mol. The molecule has 0 aliphatic heterocycles. The van der Waals surface area contributed by atoms with Crippen molar-refractivity contribution < 1.29 is 0 Å². The number of nitrogens with zero attached hydrogens (tertiary/aromatic N) is 2. The fourth-order valence-electron chi connectivity index (χ4n) is 2.66. The number of rotatable bonds is 2. The Morgan fingerprint density at radius 1 is 1.33 bits per heavy atom. The molecule has 2 unspecified atom stereocenters. The molecule has 0 amide bonds. The van der Waals surface area contributed by atoms with Crippen LogP contribution in [0.3, 0.4) is 0 Å². The smallest absolute Gasteiger partial charge is 0.225 e. The Morgan fingerprint density at radius 3 is 2.72 bits per heavy atom. The summed E-state index contributed by atoms with van der Waals surface area (Å²) in [7, 11) is 0. The molecule has 2 atom stereocenters. The van der Waals surface area contributed by atoms with E-state index in [9.17, 15) is 0 Å². The summed E-state index contributed by atoms with van der Waals surface area (Å²) in [4.78, 5) is 7.25. The molecule has 90 valence electrons. The summed E-state index contributed by atoms with van der Waals surface area (Å²) in [6.07, 6.45) is 9.68. The van der Waals surface area contributed by atoms with Crippen LogP contribution in [0.1, 0.15) is 32.6 Å². The molecule has 2 nitrogen and oxygen atoms in total. The van der Waals surface area contributed by atoms with Crippen LogP contribution in [0.15, 0.2) is 23.8 Å². The lowest BCUT2D eigenvalue weighted by Crippen LogP contribution is -2.26. The summed E-state index contributed by atoms with van der Waals surface area (Å²) < 4.78 is 0. The largest absolute Gasteiger partial charge is 0.516 e. The Bertz CT molecular complexity index is 514. The van der Waals surface area contributed by atoms with Gasteiger partial charge in [0.05, 0.1) is 0 Å². The number of fused-ring (bicyclic) bond motifs is 2. The maximum Gasteiger partial charge on any atom is 0.516 e. The quantitative estimate of drug-likeness (QED) is 0.391. The van der Waals surface area contributed by atoms with E-state index >= 15 is 0 Å².